The van der Waals surface area contributed by atoms with Crippen molar-refractivity contribution in [2.75, 3.05) is 6.54 Å². The zero-order valence-electron chi connectivity index (χ0n) is 16.1. The van der Waals surface area contributed by atoms with Crippen molar-refractivity contribution in [3.63, 3.8) is 0 Å². The van der Waals surface area contributed by atoms with E-state index in [1.165, 1.54) is 36.4 Å². The molecule has 2 rings (SSSR count). The van der Waals surface area contributed by atoms with Crippen LogP contribution in [0.5, 0.6) is 0 Å². The van der Waals surface area contributed by atoms with Crippen LogP contribution >= 0.6 is 27.5 Å². The molecule has 30 heavy (non-hydrogen) atoms. The summed E-state index contributed by atoms with van der Waals surface area (Å²) in [7, 11) is 0. The number of nitrogens with one attached hydrogen (secondary N) is 1. The molecule has 0 radical (unpaired) electrons. The van der Waals surface area contributed by atoms with Gasteiger partial charge in [-0.2, -0.15) is 13.2 Å². The van der Waals surface area contributed by atoms with Crippen molar-refractivity contribution < 1.29 is 22.8 Å². The Balaban J connectivity index is 2.31. The van der Waals surface area contributed by atoms with Crippen molar-refractivity contribution in [1.82, 2.24) is 5.32 Å². The number of carbonyl (C=O) groups excluding carboxylic acids is 2. The van der Waals surface area contributed by atoms with Crippen LogP contribution in [0, 0.1) is 13.8 Å². The van der Waals surface area contributed by atoms with Crippen LogP contribution in [-0.2, 0) is 4.79 Å². The molecule has 1 atom stereocenters. The van der Waals surface area contributed by atoms with Gasteiger partial charge in [-0.05, 0) is 70.2 Å². The molecule has 0 fully saturated rings. The van der Waals surface area contributed by atoms with Crippen LogP contribution in [0.4, 0.5) is 13.2 Å². The predicted molar refractivity (Wildman–Crippen MR) is 114 cm³/mol. The second kappa shape index (κ2) is 9.66. The SMILES string of the molecule is Cc1cc(C(/C=C/c2ccc(C(=O)NCC(N)=O)c(Br)c2)C(F)(F)F)cc(Cl)c1C. The number of halogens is 5. The summed E-state index contributed by atoms with van der Waals surface area (Å²) >= 11 is 9.30. The highest BCUT2D eigenvalue weighted by atomic mass is 79.9. The summed E-state index contributed by atoms with van der Waals surface area (Å²) in [6.45, 7) is 3.14. The van der Waals surface area contributed by atoms with Crippen LogP contribution < -0.4 is 11.1 Å². The van der Waals surface area contributed by atoms with Crippen molar-refractivity contribution in [2.24, 2.45) is 5.73 Å². The van der Waals surface area contributed by atoms with Gasteiger partial charge in [0.05, 0.1) is 18.0 Å². The van der Waals surface area contributed by atoms with Gasteiger partial charge in [0.2, 0.25) is 5.91 Å². The lowest BCUT2D eigenvalue weighted by Gasteiger charge is -2.19. The van der Waals surface area contributed by atoms with Crippen molar-refractivity contribution >= 4 is 45.4 Å². The van der Waals surface area contributed by atoms with Crippen LogP contribution in [0.3, 0.4) is 0 Å². The second-order valence-electron chi connectivity index (χ2n) is 6.71. The minimum absolute atomic E-state index is 0.0494. The minimum Gasteiger partial charge on any atom is -0.368 e. The molecule has 1 unspecified atom stereocenters. The first-order valence-corrected chi connectivity index (χ1v) is 9.95. The number of alkyl halides is 3. The number of primary amides is 1. The summed E-state index contributed by atoms with van der Waals surface area (Å²) in [6.07, 6.45) is -2.13. The molecule has 4 nitrogen and oxygen atoms in total. The van der Waals surface area contributed by atoms with Gasteiger partial charge in [-0.25, -0.2) is 0 Å². The Morgan fingerprint density at radius 3 is 2.43 bits per heavy atom. The van der Waals surface area contributed by atoms with Crippen LogP contribution in [0.15, 0.2) is 40.9 Å². The fourth-order valence-electron chi connectivity index (χ4n) is 2.72. The summed E-state index contributed by atoms with van der Waals surface area (Å²) < 4.78 is 41.4. The maximum absolute atomic E-state index is 13.7. The van der Waals surface area contributed by atoms with Gasteiger partial charge in [0, 0.05) is 9.50 Å². The molecule has 2 aromatic carbocycles. The molecule has 0 saturated carbocycles. The fraction of sp³-hybridized carbons (Fsp3) is 0.238. The number of hydrogen-bond acceptors (Lipinski definition) is 2. The number of benzene rings is 2. The number of rotatable bonds is 6. The molecule has 0 heterocycles. The van der Waals surface area contributed by atoms with Crippen LogP contribution in [0.1, 0.15) is 38.5 Å². The van der Waals surface area contributed by atoms with E-state index in [0.29, 0.717) is 15.6 Å². The zero-order valence-corrected chi connectivity index (χ0v) is 18.5. The Labute approximate surface area is 185 Å². The van der Waals surface area contributed by atoms with Gasteiger partial charge in [-0.15, -0.1) is 0 Å². The number of hydrogen-bond donors (Lipinski definition) is 2. The van der Waals surface area contributed by atoms with Gasteiger partial charge in [0.25, 0.3) is 5.91 Å². The lowest BCUT2D eigenvalue weighted by molar-refractivity contribution is -0.139. The molecule has 0 aromatic heterocycles. The van der Waals surface area contributed by atoms with E-state index < -0.39 is 23.9 Å². The van der Waals surface area contributed by atoms with E-state index in [1.807, 2.05) is 0 Å². The van der Waals surface area contributed by atoms with Gasteiger partial charge in [0.1, 0.15) is 0 Å². The first-order chi connectivity index (χ1) is 13.9. The van der Waals surface area contributed by atoms with Gasteiger partial charge < -0.3 is 11.1 Å². The Kier molecular flexibility index (Phi) is 7.71. The van der Waals surface area contributed by atoms with Crippen molar-refractivity contribution in [1.29, 1.82) is 0 Å². The second-order valence-corrected chi connectivity index (χ2v) is 7.97. The van der Waals surface area contributed by atoms with E-state index in [0.717, 1.165) is 11.6 Å². The van der Waals surface area contributed by atoms with E-state index >= 15 is 0 Å². The van der Waals surface area contributed by atoms with E-state index in [-0.39, 0.29) is 22.7 Å². The van der Waals surface area contributed by atoms with E-state index in [1.54, 1.807) is 13.8 Å². The Bertz CT molecular complexity index is 983. The molecule has 3 N–H and O–H groups in total. The highest BCUT2D eigenvalue weighted by molar-refractivity contribution is 9.10. The average molecular weight is 504 g/mol. The highest BCUT2D eigenvalue weighted by Crippen LogP contribution is 2.38. The smallest absolute Gasteiger partial charge is 0.368 e. The first-order valence-electron chi connectivity index (χ1n) is 8.77. The van der Waals surface area contributed by atoms with Crippen molar-refractivity contribution in [3.05, 3.63) is 73.7 Å². The first kappa shape index (κ1) is 24.0. The lowest BCUT2D eigenvalue weighted by Crippen LogP contribution is -2.33. The van der Waals surface area contributed by atoms with E-state index in [2.05, 4.69) is 21.2 Å². The number of carbonyl (C=O) groups is 2. The molecular formula is C21H19BrClF3N2O2. The molecule has 0 saturated heterocycles. The van der Waals surface area contributed by atoms with Gasteiger partial charge in [-0.1, -0.05) is 35.9 Å². The van der Waals surface area contributed by atoms with Crippen LogP contribution in [0.25, 0.3) is 6.08 Å². The third kappa shape index (κ3) is 6.09. The van der Waals surface area contributed by atoms with E-state index in [9.17, 15) is 22.8 Å². The molecule has 9 heteroatoms. The maximum atomic E-state index is 13.7. The Morgan fingerprint density at radius 1 is 1.23 bits per heavy atom. The van der Waals surface area contributed by atoms with Crippen molar-refractivity contribution in [2.45, 2.75) is 25.9 Å². The minimum atomic E-state index is -4.51. The number of aryl methyl sites for hydroxylation is 1. The lowest BCUT2D eigenvalue weighted by atomic mass is 9.94. The predicted octanol–water partition coefficient (Wildman–Crippen LogP) is 5.29. The normalized spacial score (nSPS) is 12.8. The summed E-state index contributed by atoms with van der Waals surface area (Å²) in [5.41, 5.74) is 7.12. The largest absolute Gasteiger partial charge is 0.399 e. The average Bonchev–Trinajstić information content (AvgIpc) is 2.63. The quantitative estimate of drug-likeness (QED) is 0.562. The Hall–Kier alpha value is -2.32. The highest BCUT2D eigenvalue weighted by Gasteiger charge is 2.39. The molecule has 2 aromatic rings. The summed E-state index contributed by atoms with van der Waals surface area (Å²) in [5, 5.41) is 2.62. The number of allylic oxidation sites excluding steroid dienone is 1. The monoisotopic (exact) mass is 502 g/mol. The van der Waals surface area contributed by atoms with Gasteiger partial charge in [0.15, 0.2) is 0 Å². The number of nitrogens with two attached hydrogens (primary N) is 1. The third-order valence-electron chi connectivity index (χ3n) is 4.48. The molecule has 0 aliphatic rings. The van der Waals surface area contributed by atoms with Crippen LogP contribution in [0.2, 0.25) is 5.02 Å². The molecule has 2 amide bonds. The number of amides is 2. The molecule has 160 valence electrons. The third-order valence-corrected chi connectivity index (χ3v) is 5.53. The molecule has 0 aliphatic carbocycles. The van der Waals surface area contributed by atoms with Gasteiger partial charge in [-0.3, -0.25) is 9.59 Å². The zero-order chi connectivity index (χ0) is 22.6. The molecule has 0 spiro atoms. The fourth-order valence-corrected chi connectivity index (χ4v) is 3.57. The van der Waals surface area contributed by atoms with E-state index in [4.69, 9.17) is 17.3 Å². The van der Waals surface area contributed by atoms with Gasteiger partial charge >= 0.3 is 6.18 Å². The standard InChI is InChI=1S/C21H19BrClF3N2O2/c1-11-7-14(9-18(23)12(11)2)16(21(24,25)26)6-4-13-3-5-15(17(22)8-13)20(30)28-10-19(27)29/h3-9,16H,10H2,1-2H3,(H2,27,29)(H,28,30)/b6-4+. The summed E-state index contributed by atoms with van der Waals surface area (Å²) in [4.78, 5) is 22.8. The van der Waals surface area contributed by atoms with Crippen LogP contribution in [-0.4, -0.2) is 24.5 Å². The molecular weight excluding hydrogens is 485 g/mol. The summed E-state index contributed by atoms with van der Waals surface area (Å²) in [6, 6.07) is 7.26. The summed E-state index contributed by atoms with van der Waals surface area (Å²) in [5.74, 6) is -3.07. The van der Waals surface area contributed by atoms with Crippen molar-refractivity contribution in [3.8, 4) is 0 Å². The molecule has 0 aliphatic heterocycles. The topological polar surface area (TPSA) is 72.2 Å². The Morgan fingerprint density at radius 2 is 1.90 bits per heavy atom. The maximum Gasteiger partial charge on any atom is 0.399 e. The molecule has 0 bridgehead atoms.